The standard InChI is InChI=1S/C13H14F2N4OS.2ClH/c14-9-2-1-7(3-10(9)15)4-11(16)12(20)18-5-8-6-19-13(17)21-8;;/h1-3,6,11H,4-5,16H2,(H2,17,19)(H,18,20);2*1H. The molecule has 2 aromatic rings. The number of carbonyl (C=O) groups excluding carboxylic acids is 1. The van der Waals surface area contributed by atoms with Crippen molar-refractivity contribution in [1.29, 1.82) is 0 Å². The Kier molecular flexibility index (Phi) is 8.99. The fourth-order valence-electron chi connectivity index (χ4n) is 1.72. The lowest BCUT2D eigenvalue weighted by atomic mass is 10.1. The summed E-state index contributed by atoms with van der Waals surface area (Å²) >= 11 is 1.27. The summed E-state index contributed by atoms with van der Waals surface area (Å²) in [5, 5.41) is 3.06. The van der Waals surface area contributed by atoms with Crippen LogP contribution in [-0.2, 0) is 17.8 Å². The summed E-state index contributed by atoms with van der Waals surface area (Å²) in [6.07, 6.45) is 1.69. The van der Waals surface area contributed by atoms with Crippen LogP contribution in [0, 0.1) is 11.6 Å². The molecule has 1 aromatic carbocycles. The number of amides is 1. The lowest BCUT2D eigenvalue weighted by Gasteiger charge is -2.12. The molecule has 0 aliphatic rings. The van der Waals surface area contributed by atoms with Gasteiger partial charge < -0.3 is 16.8 Å². The monoisotopic (exact) mass is 384 g/mol. The van der Waals surface area contributed by atoms with Crippen molar-refractivity contribution in [1.82, 2.24) is 10.3 Å². The molecule has 128 valence electrons. The summed E-state index contributed by atoms with van der Waals surface area (Å²) in [4.78, 5) is 16.5. The average Bonchev–Trinajstić information content (AvgIpc) is 2.86. The number of nitrogens with zero attached hydrogens (tertiary/aromatic N) is 1. The summed E-state index contributed by atoms with van der Waals surface area (Å²) in [5.41, 5.74) is 11.7. The molecule has 0 aliphatic carbocycles. The van der Waals surface area contributed by atoms with Gasteiger partial charge in [0.25, 0.3) is 0 Å². The Morgan fingerprint density at radius 3 is 2.57 bits per heavy atom. The molecule has 5 N–H and O–H groups in total. The molecular formula is C13H16Cl2F2N4OS. The zero-order chi connectivity index (χ0) is 15.4. The van der Waals surface area contributed by atoms with Crippen molar-refractivity contribution in [3.63, 3.8) is 0 Å². The fraction of sp³-hybridized carbons (Fsp3) is 0.231. The van der Waals surface area contributed by atoms with Gasteiger partial charge in [-0.3, -0.25) is 4.79 Å². The minimum Gasteiger partial charge on any atom is -0.375 e. The highest BCUT2D eigenvalue weighted by atomic mass is 35.5. The van der Waals surface area contributed by atoms with E-state index >= 15 is 0 Å². The number of thiazole rings is 1. The molecule has 0 spiro atoms. The van der Waals surface area contributed by atoms with Crippen LogP contribution in [0.1, 0.15) is 10.4 Å². The predicted octanol–water partition coefficient (Wildman–Crippen LogP) is 2.03. The quantitative estimate of drug-likeness (QED) is 0.734. The molecule has 1 amide bonds. The van der Waals surface area contributed by atoms with Gasteiger partial charge in [0.1, 0.15) is 0 Å². The average molecular weight is 385 g/mol. The number of hydrogen-bond donors (Lipinski definition) is 3. The van der Waals surface area contributed by atoms with Crippen molar-refractivity contribution in [2.45, 2.75) is 19.0 Å². The molecule has 0 saturated carbocycles. The maximum Gasteiger partial charge on any atom is 0.237 e. The smallest absolute Gasteiger partial charge is 0.237 e. The number of nitrogens with one attached hydrogen (secondary N) is 1. The first-order chi connectivity index (χ1) is 9.95. The number of nitrogen functional groups attached to an aromatic ring is 1. The SMILES string of the molecule is Cl.Cl.Nc1ncc(CNC(=O)C(N)Cc2ccc(F)c(F)c2)s1. The highest BCUT2D eigenvalue weighted by molar-refractivity contribution is 7.15. The van der Waals surface area contributed by atoms with Crippen LogP contribution in [-0.4, -0.2) is 16.9 Å². The van der Waals surface area contributed by atoms with E-state index in [9.17, 15) is 13.6 Å². The van der Waals surface area contributed by atoms with E-state index in [1.165, 1.54) is 17.4 Å². The van der Waals surface area contributed by atoms with E-state index in [1.54, 1.807) is 6.20 Å². The third kappa shape index (κ3) is 6.26. The Morgan fingerprint density at radius 2 is 2.00 bits per heavy atom. The van der Waals surface area contributed by atoms with Crippen LogP contribution in [0.4, 0.5) is 13.9 Å². The van der Waals surface area contributed by atoms with Crippen LogP contribution in [0.2, 0.25) is 0 Å². The molecule has 1 aromatic heterocycles. The Balaban J connectivity index is 0.00000242. The van der Waals surface area contributed by atoms with Crippen LogP contribution in [0.15, 0.2) is 24.4 Å². The second-order valence-corrected chi connectivity index (χ2v) is 5.59. The van der Waals surface area contributed by atoms with Crippen LogP contribution < -0.4 is 16.8 Å². The fourth-order valence-corrected chi connectivity index (χ4v) is 2.35. The number of aromatic nitrogens is 1. The minimum atomic E-state index is -0.958. The molecule has 0 saturated heterocycles. The molecule has 1 atom stereocenters. The Labute approximate surface area is 148 Å². The number of carbonyl (C=O) groups is 1. The molecule has 10 heteroatoms. The summed E-state index contributed by atoms with van der Waals surface area (Å²) < 4.78 is 25.9. The third-order valence-electron chi connectivity index (χ3n) is 2.78. The van der Waals surface area contributed by atoms with Gasteiger partial charge in [0.15, 0.2) is 16.8 Å². The van der Waals surface area contributed by atoms with Gasteiger partial charge in [0.2, 0.25) is 5.91 Å². The summed E-state index contributed by atoms with van der Waals surface area (Å²) in [7, 11) is 0. The minimum absolute atomic E-state index is 0. The molecule has 0 fully saturated rings. The molecule has 1 heterocycles. The third-order valence-corrected chi connectivity index (χ3v) is 3.61. The Hall–Kier alpha value is -1.48. The van der Waals surface area contributed by atoms with E-state index in [0.29, 0.717) is 10.7 Å². The maximum atomic E-state index is 13.1. The zero-order valence-electron chi connectivity index (χ0n) is 11.8. The lowest BCUT2D eigenvalue weighted by Crippen LogP contribution is -2.41. The van der Waals surface area contributed by atoms with E-state index in [-0.39, 0.29) is 43.7 Å². The van der Waals surface area contributed by atoms with Gasteiger partial charge in [-0.05, 0) is 24.1 Å². The predicted molar refractivity (Wildman–Crippen MR) is 90.9 cm³/mol. The highest BCUT2D eigenvalue weighted by Crippen LogP contribution is 2.14. The van der Waals surface area contributed by atoms with E-state index < -0.39 is 17.7 Å². The molecule has 1 unspecified atom stereocenters. The highest BCUT2D eigenvalue weighted by Gasteiger charge is 2.15. The topological polar surface area (TPSA) is 94.0 Å². The Morgan fingerprint density at radius 1 is 1.30 bits per heavy atom. The lowest BCUT2D eigenvalue weighted by molar-refractivity contribution is -0.122. The van der Waals surface area contributed by atoms with Crippen molar-refractivity contribution in [2.24, 2.45) is 5.73 Å². The molecule has 2 rings (SSSR count). The number of hydrogen-bond acceptors (Lipinski definition) is 5. The first-order valence-corrected chi connectivity index (χ1v) is 6.94. The van der Waals surface area contributed by atoms with Gasteiger partial charge in [-0.2, -0.15) is 0 Å². The number of benzene rings is 1. The van der Waals surface area contributed by atoms with Crippen LogP contribution >= 0.6 is 36.2 Å². The van der Waals surface area contributed by atoms with Gasteiger partial charge in [-0.1, -0.05) is 6.07 Å². The van der Waals surface area contributed by atoms with Crippen molar-refractivity contribution < 1.29 is 13.6 Å². The number of halogens is 4. The van der Waals surface area contributed by atoms with Crippen molar-refractivity contribution in [3.8, 4) is 0 Å². The second kappa shape index (κ2) is 9.61. The van der Waals surface area contributed by atoms with Crippen molar-refractivity contribution in [2.75, 3.05) is 5.73 Å². The second-order valence-electron chi connectivity index (χ2n) is 4.44. The number of anilines is 1. The summed E-state index contributed by atoms with van der Waals surface area (Å²) in [6.45, 7) is 0.277. The molecule has 0 bridgehead atoms. The van der Waals surface area contributed by atoms with Gasteiger partial charge in [-0.15, -0.1) is 36.2 Å². The molecule has 23 heavy (non-hydrogen) atoms. The van der Waals surface area contributed by atoms with Gasteiger partial charge in [0.05, 0.1) is 12.6 Å². The normalized spacial score (nSPS) is 11.1. The van der Waals surface area contributed by atoms with E-state index in [0.717, 1.165) is 17.0 Å². The first kappa shape index (κ1) is 21.5. The van der Waals surface area contributed by atoms with Crippen molar-refractivity contribution >= 4 is 47.2 Å². The first-order valence-electron chi connectivity index (χ1n) is 6.13. The molecular weight excluding hydrogens is 369 g/mol. The maximum absolute atomic E-state index is 13.1. The molecule has 0 radical (unpaired) electrons. The van der Waals surface area contributed by atoms with E-state index in [4.69, 9.17) is 11.5 Å². The van der Waals surface area contributed by atoms with E-state index in [2.05, 4.69) is 10.3 Å². The summed E-state index contributed by atoms with van der Waals surface area (Å²) in [6, 6.07) is 2.59. The van der Waals surface area contributed by atoms with Crippen LogP contribution in [0.3, 0.4) is 0 Å². The van der Waals surface area contributed by atoms with Gasteiger partial charge >= 0.3 is 0 Å². The largest absolute Gasteiger partial charge is 0.375 e. The summed E-state index contributed by atoms with van der Waals surface area (Å²) in [5.74, 6) is -2.27. The molecule has 5 nitrogen and oxygen atoms in total. The zero-order valence-corrected chi connectivity index (χ0v) is 14.2. The van der Waals surface area contributed by atoms with Gasteiger partial charge in [-0.25, -0.2) is 13.8 Å². The van der Waals surface area contributed by atoms with Crippen LogP contribution in [0.5, 0.6) is 0 Å². The number of rotatable bonds is 5. The van der Waals surface area contributed by atoms with E-state index in [1.807, 2.05) is 0 Å². The van der Waals surface area contributed by atoms with Crippen LogP contribution in [0.25, 0.3) is 0 Å². The Bertz CT molecular complexity index is 657. The van der Waals surface area contributed by atoms with Crippen molar-refractivity contribution in [3.05, 3.63) is 46.5 Å². The number of nitrogens with two attached hydrogens (primary N) is 2. The van der Waals surface area contributed by atoms with Gasteiger partial charge in [0, 0.05) is 11.1 Å². The molecule has 0 aliphatic heterocycles.